The average molecular weight is 418 g/mol. The summed E-state index contributed by atoms with van der Waals surface area (Å²) in [5.74, 6) is -1.13. The molecule has 0 saturated heterocycles. The molecule has 0 bridgehead atoms. The van der Waals surface area contributed by atoms with Gasteiger partial charge in [-0.1, -0.05) is 24.3 Å². The Hall–Kier alpha value is -3.41. The van der Waals surface area contributed by atoms with Crippen LogP contribution in [0, 0.1) is 11.7 Å². The van der Waals surface area contributed by atoms with Crippen LogP contribution in [0.25, 0.3) is 11.1 Å². The highest BCUT2D eigenvalue weighted by Gasteiger charge is 2.45. The molecular formula is C25H23FN2O3. The molecule has 1 fully saturated rings. The molecule has 31 heavy (non-hydrogen) atoms. The molecule has 0 unspecified atom stereocenters. The molecule has 6 heteroatoms. The molecule has 3 aromatic rings. The number of anilines is 1. The number of carbonyl (C=O) groups is 1. The number of nitrogens with one attached hydrogen (secondary N) is 1. The van der Waals surface area contributed by atoms with Crippen molar-refractivity contribution in [3.8, 4) is 16.9 Å². The highest BCUT2D eigenvalue weighted by atomic mass is 19.1. The van der Waals surface area contributed by atoms with Gasteiger partial charge in [0.2, 0.25) is 0 Å². The first-order chi connectivity index (χ1) is 15.0. The van der Waals surface area contributed by atoms with Crippen LogP contribution in [0.15, 0.2) is 54.7 Å². The fourth-order valence-corrected chi connectivity index (χ4v) is 4.61. The van der Waals surface area contributed by atoms with Crippen molar-refractivity contribution in [3.63, 3.8) is 0 Å². The second-order valence-corrected chi connectivity index (χ2v) is 8.22. The van der Waals surface area contributed by atoms with Gasteiger partial charge >= 0.3 is 5.97 Å². The summed E-state index contributed by atoms with van der Waals surface area (Å²) in [7, 11) is 1.46. The molecule has 5 nitrogen and oxygen atoms in total. The average Bonchev–Trinajstić information content (AvgIpc) is 3.49. The maximum absolute atomic E-state index is 14.2. The number of aromatic nitrogens is 1. The molecule has 2 aromatic carbocycles. The van der Waals surface area contributed by atoms with Crippen molar-refractivity contribution in [3.05, 3.63) is 77.4 Å². The van der Waals surface area contributed by atoms with Gasteiger partial charge in [-0.15, -0.1) is 0 Å². The van der Waals surface area contributed by atoms with Gasteiger partial charge in [0.05, 0.1) is 31.0 Å². The number of nitrogens with zero attached hydrogens (tertiary/aromatic N) is 1. The Bertz CT molecular complexity index is 1150. The number of hydrogen-bond donors (Lipinski definition) is 2. The highest BCUT2D eigenvalue weighted by Crippen LogP contribution is 2.47. The Kier molecular flexibility index (Phi) is 4.85. The number of pyridine rings is 1. The second-order valence-electron chi connectivity index (χ2n) is 8.22. The van der Waals surface area contributed by atoms with E-state index >= 15 is 0 Å². The first-order valence-electron chi connectivity index (χ1n) is 10.5. The van der Waals surface area contributed by atoms with E-state index in [2.05, 4.69) is 16.4 Å². The van der Waals surface area contributed by atoms with Crippen molar-refractivity contribution >= 4 is 11.7 Å². The molecule has 1 aromatic heterocycles. The predicted molar refractivity (Wildman–Crippen MR) is 116 cm³/mol. The lowest BCUT2D eigenvalue weighted by atomic mass is 9.96. The molecule has 0 spiro atoms. The number of halogens is 1. The molecule has 2 aliphatic rings. The number of ether oxygens (including phenoxy) is 1. The van der Waals surface area contributed by atoms with Gasteiger partial charge in [-0.05, 0) is 65.8 Å². The Morgan fingerprint density at radius 1 is 1.23 bits per heavy atom. The zero-order valence-electron chi connectivity index (χ0n) is 17.1. The van der Waals surface area contributed by atoms with Gasteiger partial charge in [0, 0.05) is 11.6 Å². The summed E-state index contributed by atoms with van der Waals surface area (Å²) in [5.41, 5.74) is 6.09. The topological polar surface area (TPSA) is 71.5 Å². The molecule has 1 heterocycles. The van der Waals surface area contributed by atoms with Gasteiger partial charge in [0.15, 0.2) is 11.6 Å². The summed E-state index contributed by atoms with van der Waals surface area (Å²) in [6.45, 7) is 0. The summed E-state index contributed by atoms with van der Waals surface area (Å²) in [5, 5.41) is 12.7. The van der Waals surface area contributed by atoms with Gasteiger partial charge in [-0.2, -0.15) is 0 Å². The number of hydrogen-bond acceptors (Lipinski definition) is 4. The van der Waals surface area contributed by atoms with Gasteiger partial charge in [0.1, 0.15) is 0 Å². The van der Waals surface area contributed by atoms with Crippen LogP contribution in [-0.2, 0) is 11.2 Å². The lowest BCUT2D eigenvalue weighted by Gasteiger charge is -2.17. The predicted octanol–water partition coefficient (Wildman–Crippen LogP) is 5.18. The number of benzene rings is 2. The fraction of sp³-hybridized carbons (Fsp3) is 0.280. The molecule has 0 radical (unpaired) electrons. The summed E-state index contributed by atoms with van der Waals surface area (Å²) in [4.78, 5) is 15.6. The van der Waals surface area contributed by atoms with E-state index < -0.39 is 5.97 Å². The van der Waals surface area contributed by atoms with Crippen LogP contribution in [0.2, 0.25) is 0 Å². The van der Waals surface area contributed by atoms with E-state index in [1.165, 1.54) is 24.3 Å². The van der Waals surface area contributed by atoms with E-state index in [0.29, 0.717) is 6.42 Å². The number of methoxy groups -OCH3 is 1. The first kappa shape index (κ1) is 19.5. The van der Waals surface area contributed by atoms with Crippen molar-refractivity contribution in [1.82, 2.24) is 4.98 Å². The zero-order chi connectivity index (χ0) is 21.5. The summed E-state index contributed by atoms with van der Waals surface area (Å²) < 4.78 is 19.3. The number of rotatable bonds is 6. The van der Waals surface area contributed by atoms with Crippen molar-refractivity contribution in [1.29, 1.82) is 0 Å². The van der Waals surface area contributed by atoms with Gasteiger partial charge < -0.3 is 15.2 Å². The van der Waals surface area contributed by atoms with Gasteiger partial charge in [-0.25, -0.2) is 4.39 Å². The molecule has 2 N–H and O–H groups in total. The third-order valence-corrected chi connectivity index (χ3v) is 6.35. The van der Waals surface area contributed by atoms with Crippen LogP contribution >= 0.6 is 0 Å². The van der Waals surface area contributed by atoms with Crippen molar-refractivity contribution in [2.24, 2.45) is 5.92 Å². The van der Waals surface area contributed by atoms with E-state index in [-0.39, 0.29) is 29.4 Å². The zero-order valence-corrected chi connectivity index (χ0v) is 17.1. The van der Waals surface area contributed by atoms with Crippen LogP contribution in [0.3, 0.4) is 0 Å². The lowest BCUT2D eigenvalue weighted by Crippen LogP contribution is -2.07. The van der Waals surface area contributed by atoms with Gasteiger partial charge in [0.25, 0.3) is 0 Å². The summed E-state index contributed by atoms with van der Waals surface area (Å²) in [6.07, 6.45) is 4.30. The number of fused-ring (bicyclic) bond motifs is 1. The highest BCUT2D eigenvalue weighted by molar-refractivity contribution is 5.75. The lowest BCUT2D eigenvalue weighted by molar-refractivity contribution is -0.138. The van der Waals surface area contributed by atoms with Crippen LogP contribution in [0.5, 0.6) is 5.75 Å². The summed E-state index contributed by atoms with van der Waals surface area (Å²) in [6, 6.07) is 15.3. The Labute approximate surface area is 179 Å². The first-order valence-corrected chi connectivity index (χ1v) is 10.5. The fourth-order valence-electron chi connectivity index (χ4n) is 4.61. The third kappa shape index (κ3) is 3.63. The molecule has 158 valence electrons. The molecule has 5 rings (SSSR count). The Balaban J connectivity index is 1.35. The second kappa shape index (κ2) is 7.69. The monoisotopic (exact) mass is 418 g/mol. The minimum absolute atomic E-state index is 0.0335. The van der Waals surface area contributed by atoms with E-state index in [0.717, 1.165) is 35.3 Å². The van der Waals surface area contributed by atoms with Crippen LogP contribution < -0.4 is 10.1 Å². The molecule has 2 aliphatic carbocycles. The number of aliphatic carboxylic acids is 1. The van der Waals surface area contributed by atoms with Crippen molar-refractivity contribution in [2.75, 3.05) is 12.4 Å². The van der Waals surface area contributed by atoms with Crippen LogP contribution in [0.4, 0.5) is 10.1 Å². The quantitative estimate of drug-likeness (QED) is 0.577. The molecule has 0 amide bonds. The van der Waals surface area contributed by atoms with E-state index in [1.54, 1.807) is 12.3 Å². The van der Waals surface area contributed by atoms with Crippen molar-refractivity contribution in [2.45, 2.75) is 31.2 Å². The smallest absolute Gasteiger partial charge is 0.307 e. The standard InChI is InChI=1S/C25H23FN2O3/c1-31-24-10-5-14(11-21(24)26)16-3-2-4-18-17(16)7-9-23(18)28-15-6-8-22(27-13-15)19-12-20(19)25(29)30/h2-6,8,10-11,13,19-20,23,28H,7,9,12H2,1H3,(H,29,30)/t19-,20-,23-/m1/s1. The van der Waals surface area contributed by atoms with E-state index in [9.17, 15) is 9.18 Å². The minimum atomic E-state index is -0.746. The SMILES string of the molecule is COc1ccc(-c2cccc3c2CC[C@H]3Nc2ccc([C@@H]3C[C@H]3C(=O)O)nc2)cc1F. The number of carboxylic acid groups (broad SMARTS) is 1. The van der Waals surface area contributed by atoms with Crippen molar-refractivity contribution < 1.29 is 19.0 Å². The van der Waals surface area contributed by atoms with Crippen LogP contribution in [-0.4, -0.2) is 23.2 Å². The molecule has 0 aliphatic heterocycles. The van der Waals surface area contributed by atoms with Gasteiger partial charge in [-0.3, -0.25) is 9.78 Å². The summed E-state index contributed by atoms with van der Waals surface area (Å²) >= 11 is 0. The molecule has 3 atom stereocenters. The third-order valence-electron chi connectivity index (χ3n) is 6.35. The largest absolute Gasteiger partial charge is 0.494 e. The van der Waals surface area contributed by atoms with E-state index in [1.807, 2.05) is 30.3 Å². The van der Waals surface area contributed by atoms with E-state index in [4.69, 9.17) is 9.84 Å². The van der Waals surface area contributed by atoms with Crippen LogP contribution in [0.1, 0.15) is 41.6 Å². The minimum Gasteiger partial charge on any atom is -0.494 e. The molecule has 1 saturated carbocycles. The Morgan fingerprint density at radius 3 is 2.77 bits per heavy atom. The Morgan fingerprint density at radius 2 is 2.10 bits per heavy atom. The maximum Gasteiger partial charge on any atom is 0.307 e. The molecular weight excluding hydrogens is 395 g/mol. The maximum atomic E-state index is 14.2. The number of carboxylic acids is 1. The normalized spacial score (nSPS) is 21.4.